The van der Waals surface area contributed by atoms with Gasteiger partial charge in [-0.25, -0.2) is 8.42 Å². The van der Waals surface area contributed by atoms with E-state index in [2.05, 4.69) is 0 Å². The highest BCUT2D eigenvalue weighted by Crippen LogP contribution is 2.22. The normalized spacial score (nSPS) is 13.6. The minimum atomic E-state index is -3.73. The highest BCUT2D eigenvalue weighted by molar-refractivity contribution is 7.91. The lowest BCUT2D eigenvalue weighted by Crippen LogP contribution is -2.35. The van der Waals surface area contributed by atoms with E-state index in [1.54, 1.807) is 43.3 Å². The van der Waals surface area contributed by atoms with Crippen molar-refractivity contribution >= 4 is 21.6 Å². The van der Waals surface area contributed by atoms with E-state index in [0.717, 1.165) is 11.1 Å². The molecule has 0 aliphatic heterocycles. The molecule has 5 nitrogen and oxygen atoms in total. The topological polar surface area (TPSA) is 77.5 Å². The van der Waals surface area contributed by atoms with E-state index in [9.17, 15) is 18.0 Å². The van der Waals surface area contributed by atoms with Gasteiger partial charge in [0.2, 0.25) is 0 Å². The molecule has 0 bridgehead atoms. The van der Waals surface area contributed by atoms with Crippen molar-refractivity contribution in [1.82, 2.24) is 0 Å². The first kappa shape index (κ1) is 20.8. The Bertz CT molecular complexity index is 912. The Morgan fingerprint density at radius 1 is 0.926 bits per heavy atom. The van der Waals surface area contributed by atoms with Crippen LogP contribution in [0.3, 0.4) is 0 Å². The second-order valence-corrected chi connectivity index (χ2v) is 8.78. The first-order valence-electron chi connectivity index (χ1n) is 8.67. The van der Waals surface area contributed by atoms with Crippen LogP contribution in [-0.2, 0) is 19.4 Å². The number of ketones is 1. The lowest BCUT2D eigenvalue weighted by atomic mass is 9.94. The van der Waals surface area contributed by atoms with Gasteiger partial charge >= 0.3 is 5.97 Å². The van der Waals surface area contributed by atoms with E-state index in [1.165, 1.54) is 19.1 Å². The van der Waals surface area contributed by atoms with Gasteiger partial charge in [-0.15, -0.1) is 0 Å². The van der Waals surface area contributed by atoms with Crippen LogP contribution in [0, 0.1) is 19.8 Å². The van der Waals surface area contributed by atoms with Gasteiger partial charge in [0.15, 0.2) is 15.6 Å². The molecule has 0 aliphatic carbocycles. The van der Waals surface area contributed by atoms with Gasteiger partial charge in [0.25, 0.3) is 0 Å². The Labute approximate surface area is 160 Å². The van der Waals surface area contributed by atoms with Crippen molar-refractivity contribution in [1.29, 1.82) is 0 Å². The van der Waals surface area contributed by atoms with Crippen LogP contribution in [0.1, 0.15) is 35.3 Å². The van der Waals surface area contributed by atoms with Gasteiger partial charge in [0.05, 0.1) is 16.6 Å². The van der Waals surface area contributed by atoms with E-state index in [-0.39, 0.29) is 10.7 Å². The number of ether oxygens (including phenoxy) is 1. The average molecular weight is 388 g/mol. The van der Waals surface area contributed by atoms with Gasteiger partial charge in [-0.05, 0) is 32.9 Å². The Hall–Kier alpha value is -2.47. The van der Waals surface area contributed by atoms with Crippen molar-refractivity contribution in [2.45, 2.75) is 38.7 Å². The van der Waals surface area contributed by atoms with Crippen LogP contribution >= 0.6 is 0 Å². The highest BCUT2D eigenvalue weighted by atomic mass is 32.2. The predicted molar refractivity (Wildman–Crippen MR) is 103 cm³/mol. The molecule has 0 radical (unpaired) electrons. The number of carbonyl (C=O) groups is 2. The van der Waals surface area contributed by atoms with Crippen molar-refractivity contribution in [2.75, 3.05) is 5.75 Å². The largest absolute Gasteiger partial charge is 0.462 e. The number of hydrogen-bond donors (Lipinski definition) is 0. The van der Waals surface area contributed by atoms with Crippen molar-refractivity contribution in [3.63, 3.8) is 0 Å². The van der Waals surface area contributed by atoms with Crippen molar-refractivity contribution < 1.29 is 22.7 Å². The van der Waals surface area contributed by atoms with Crippen molar-refractivity contribution in [3.05, 3.63) is 65.2 Å². The molecule has 2 aromatic carbocycles. The number of hydrogen-bond acceptors (Lipinski definition) is 5. The van der Waals surface area contributed by atoms with E-state index in [1.807, 2.05) is 13.8 Å². The summed E-state index contributed by atoms with van der Waals surface area (Å²) >= 11 is 0. The fourth-order valence-electron chi connectivity index (χ4n) is 2.78. The first-order chi connectivity index (χ1) is 12.6. The van der Waals surface area contributed by atoms with Gasteiger partial charge in [0.1, 0.15) is 6.10 Å². The van der Waals surface area contributed by atoms with E-state index in [0.29, 0.717) is 5.56 Å². The number of rotatable bonds is 7. The average Bonchev–Trinajstić information content (AvgIpc) is 2.59. The third-order valence-electron chi connectivity index (χ3n) is 4.37. The fraction of sp³-hybridized carbons (Fsp3) is 0.333. The molecule has 0 aromatic heterocycles. The smallest absolute Gasteiger partial charge is 0.302 e. The highest BCUT2D eigenvalue weighted by Gasteiger charge is 2.33. The Morgan fingerprint density at radius 2 is 1.41 bits per heavy atom. The molecule has 0 fully saturated rings. The van der Waals surface area contributed by atoms with Crippen LogP contribution in [0.5, 0.6) is 0 Å². The second kappa shape index (κ2) is 8.48. The van der Waals surface area contributed by atoms with Gasteiger partial charge in [-0.2, -0.15) is 0 Å². The zero-order valence-corrected chi connectivity index (χ0v) is 16.7. The monoisotopic (exact) mass is 388 g/mol. The molecule has 2 rings (SSSR count). The maximum atomic E-state index is 13.0. The summed E-state index contributed by atoms with van der Waals surface area (Å²) in [7, 11) is -3.73. The van der Waals surface area contributed by atoms with E-state index in [4.69, 9.17) is 4.74 Å². The number of benzene rings is 2. The molecular formula is C21H24O5S. The Morgan fingerprint density at radius 3 is 1.89 bits per heavy atom. The zero-order chi connectivity index (χ0) is 20.2. The molecule has 0 N–H and O–H groups in total. The molecule has 2 aromatic rings. The molecule has 0 unspecified atom stereocenters. The molecule has 2 atom stereocenters. The quantitative estimate of drug-likeness (QED) is 0.536. The molecule has 0 saturated heterocycles. The minimum absolute atomic E-state index is 0.143. The lowest BCUT2D eigenvalue weighted by molar-refractivity contribution is -0.146. The molecule has 144 valence electrons. The van der Waals surface area contributed by atoms with Crippen LogP contribution in [0.25, 0.3) is 0 Å². The molecule has 27 heavy (non-hydrogen) atoms. The SMILES string of the molecule is CC(=O)O[C@@H](C)[C@@H](CS(=O)(=O)c1ccc(C)cc1)C(=O)c1ccc(C)cc1. The summed E-state index contributed by atoms with van der Waals surface area (Å²) in [5, 5.41) is 0. The summed E-state index contributed by atoms with van der Waals surface area (Å²) in [6, 6.07) is 13.3. The van der Waals surface area contributed by atoms with Crippen LogP contribution in [-0.4, -0.2) is 32.0 Å². The van der Waals surface area contributed by atoms with Crippen LogP contribution in [0.15, 0.2) is 53.4 Å². The molecule has 0 spiro atoms. The third-order valence-corrected chi connectivity index (χ3v) is 6.16. The zero-order valence-electron chi connectivity index (χ0n) is 15.9. The summed E-state index contributed by atoms with van der Waals surface area (Å²) in [6.07, 6.45) is -0.864. The van der Waals surface area contributed by atoms with Gasteiger partial charge in [0, 0.05) is 12.5 Å². The van der Waals surface area contributed by atoms with E-state index < -0.39 is 33.6 Å². The third kappa shape index (κ3) is 5.50. The minimum Gasteiger partial charge on any atom is -0.462 e. The van der Waals surface area contributed by atoms with Crippen molar-refractivity contribution in [2.24, 2.45) is 5.92 Å². The molecule has 0 amide bonds. The first-order valence-corrected chi connectivity index (χ1v) is 10.3. The molecule has 6 heteroatoms. The molecule has 0 saturated carbocycles. The standard InChI is InChI=1S/C21H24O5S/c1-14-5-9-18(10-6-14)21(23)20(16(3)26-17(4)22)13-27(24,25)19-11-7-15(2)8-12-19/h5-12,16,20H,13H2,1-4H3/t16-,20+/m0/s1. The van der Waals surface area contributed by atoms with Crippen molar-refractivity contribution in [3.8, 4) is 0 Å². The van der Waals surface area contributed by atoms with E-state index >= 15 is 0 Å². The summed E-state index contributed by atoms with van der Waals surface area (Å²) in [5.74, 6) is -2.35. The van der Waals surface area contributed by atoms with Gasteiger partial charge in [-0.1, -0.05) is 47.5 Å². The number of Topliss-reactive ketones (excluding diaryl/α,β-unsaturated/α-hetero) is 1. The summed E-state index contributed by atoms with van der Waals surface area (Å²) < 4.78 is 30.8. The van der Waals surface area contributed by atoms with Crippen LogP contribution in [0.4, 0.5) is 0 Å². The second-order valence-electron chi connectivity index (χ2n) is 6.75. The molecule has 0 heterocycles. The maximum Gasteiger partial charge on any atom is 0.302 e. The Balaban J connectivity index is 2.37. The van der Waals surface area contributed by atoms with Gasteiger partial charge < -0.3 is 4.74 Å². The lowest BCUT2D eigenvalue weighted by Gasteiger charge is -2.23. The Kier molecular flexibility index (Phi) is 6.54. The number of esters is 1. The number of sulfone groups is 1. The number of aryl methyl sites for hydroxylation is 2. The predicted octanol–water partition coefficient (Wildman–Crippen LogP) is 3.53. The summed E-state index contributed by atoms with van der Waals surface area (Å²) in [6.45, 7) is 6.54. The van der Waals surface area contributed by atoms with Crippen LogP contribution < -0.4 is 0 Å². The van der Waals surface area contributed by atoms with Crippen LogP contribution in [0.2, 0.25) is 0 Å². The number of carbonyl (C=O) groups excluding carboxylic acids is 2. The fourth-order valence-corrected chi connectivity index (χ4v) is 4.42. The summed E-state index contributed by atoms with van der Waals surface area (Å²) in [4.78, 5) is 24.5. The summed E-state index contributed by atoms with van der Waals surface area (Å²) in [5.41, 5.74) is 2.32. The molecular weight excluding hydrogens is 364 g/mol. The molecule has 0 aliphatic rings. The maximum absolute atomic E-state index is 13.0. The van der Waals surface area contributed by atoms with Gasteiger partial charge in [-0.3, -0.25) is 9.59 Å².